The van der Waals surface area contributed by atoms with Crippen LogP contribution in [0.5, 0.6) is 0 Å². The van der Waals surface area contributed by atoms with Crippen LogP contribution < -0.4 is 5.32 Å². The van der Waals surface area contributed by atoms with Crippen LogP contribution in [-0.2, 0) is 4.74 Å². The Morgan fingerprint density at radius 3 is 2.33 bits per heavy atom. The second-order valence-corrected chi connectivity index (χ2v) is 7.75. The lowest BCUT2D eigenvalue weighted by Crippen LogP contribution is -2.53. The van der Waals surface area contributed by atoms with Crippen molar-refractivity contribution in [1.82, 2.24) is 10.2 Å². The molecule has 3 nitrogen and oxygen atoms in total. The molecule has 6 atom stereocenters. The second kappa shape index (κ2) is 7.94. The molecule has 2 aliphatic rings. The minimum atomic E-state index is 0.383. The minimum Gasteiger partial charge on any atom is -0.373 e. The molecule has 1 N–H and O–H groups in total. The Morgan fingerprint density at radius 1 is 1.05 bits per heavy atom. The first-order chi connectivity index (χ1) is 9.99. The van der Waals surface area contributed by atoms with Gasteiger partial charge in [-0.25, -0.2) is 0 Å². The summed E-state index contributed by atoms with van der Waals surface area (Å²) in [5, 5.41) is 3.84. The highest BCUT2D eigenvalue weighted by Crippen LogP contribution is 2.34. The summed E-state index contributed by atoms with van der Waals surface area (Å²) in [6, 6.07) is 0.706. The van der Waals surface area contributed by atoms with Gasteiger partial charge < -0.3 is 10.1 Å². The molecule has 21 heavy (non-hydrogen) atoms. The molecule has 3 heteroatoms. The molecule has 0 bridgehead atoms. The van der Waals surface area contributed by atoms with Gasteiger partial charge in [0.05, 0.1) is 12.2 Å². The van der Waals surface area contributed by atoms with E-state index in [4.69, 9.17) is 4.74 Å². The van der Waals surface area contributed by atoms with E-state index >= 15 is 0 Å². The first-order valence-electron chi connectivity index (χ1n) is 9.10. The molecule has 1 heterocycles. The first kappa shape index (κ1) is 17.2. The average Bonchev–Trinajstić information content (AvgIpc) is 2.38. The van der Waals surface area contributed by atoms with E-state index in [1.807, 2.05) is 0 Å². The normalized spacial score (nSPS) is 42.1. The zero-order valence-corrected chi connectivity index (χ0v) is 14.8. The van der Waals surface area contributed by atoms with Gasteiger partial charge >= 0.3 is 0 Å². The van der Waals surface area contributed by atoms with Crippen LogP contribution in [0.15, 0.2) is 0 Å². The Balaban J connectivity index is 1.96. The van der Waals surface area contributed by atoms with Gasteiger partial charge in [-0.1, -0.05) is 20.8 Å². The van der Waals surface area contributed by atoms with Crippen LogP contribution in [0.4, 0.5) is 0 Å². The molecule has 0 amide bonds. The maximum absolute atomic E-state index is 5.88. The summed E-state index contributed by atoms with van der Waals surface area (Å²) in [6.07, 6.45) is 4.74. The molecule has 1 saturated heterocycles. The molecule has 0 aromatic carbocycles. The molecular formula is C18H36N2O. The molecule has 0 spiro atoms. The predicted molar refractivity (Wildman–Crippen MR) is 89.6 cm³/mol. The standard InChI is InChI=1S/C18H36N2O/c1-6-7-19-18-9-13(2)8-14(3)17(18)12-20-10-15(4)21-16(5)11-20/h13-19H,6-12H2,1-5H3/t13?,14?,15-,16+,17?,18?. The maximum atomic E-state index is 5.88. The molecule has 0 radical (unpaired) electrons. The molecule has 1 aliphatic carbocycles. The van der Waals surface area contributed by atoms with Gasteiger partial charge in [0.1, 0.15) is 0 Å². The first-order valence-corrected chi connectivity index (χ1v) is 9.10. The monoisotopic (exact) mass is 296 g/mol. The highest BCUT2D eigenvalue weighted by molar-refractivity contribution is 4.90. The second-order valence-electron chi connectivity index (χ2n) is 7.75. The van der Waals surface area contributed by atoms with E-state index in [9.17, 15) is 0 Å². The lowest BCUT2D eigenvalue weighted by atomic mass is 9.72. The van der Waals surface area contributed by atoms with Crippen molar-refractivity contribution < 1.29 is 4.74 Å². The third-order valence-electron chi connectivity index (χ3n) is 5.30. The van der Waals surface area contributed by atoms with E-state index in [1.54, 1.807) is 0 Å². The summed E-state index contributed by atoms with van der Waals surface area (Å²) in [7, 11) is 0. The summed E-state index contributed by atoms with van der Waals surface area (Å²) in [6.45, 7) is 16.2. The van der Waals surface area contributed by atoms with Crippen molar-refractivity contribution in [3.05, 3.63) is 0 Å². The van der Waals surface area contributed by atoms with E-state index in [2.05, 4.69) is 44.8 Å². The van der Waals surface area contributed by atoms with E-state index in [-0.39, 0.29) is 0 Å². The lowest BCUT2D eigenvalue weighted by Gasteiger charge is -2.44. The van der Waals surface area contributed by atoms with E-state index < -0.39 is 0 Å². The number of ether oxygens (including phenoxy) is 1. The van der Waals surface area contributed by atoms with Gasteiger partial charge in [0, 0.05) is 25.7 Å². The van der Waals surface area contributed by atoms with Gasteiger partial charge in [-0.15, -0.1) is 0 Å². The van der Waals surface area contributed by atoms with Gasteiger partial charge in [-0.05, 0) is 57.4 Å². The highest BCUT2D eigenvalue weighted by atomic mass is 16.5. The Labute approximate surface area is 131 Å². The number of rotatable bonds is 5. The molecule has 124 valence electrons. The quantitative estimate of drug-likeness (QED) is 0.843. The summed E-state index contributed by atoms with van der Waals surface area (Å²) in [4.78, 5) is 2.65. The molecule has 2 rings (SSSR count). The lowest BCUT2D eigenvalue weighted by molar-refractivity contribution is -0.0766. The summed E-state index contributed by atoms with van der Waals surface area (Å²) >= 11 is 0. The predicted octanol–water partition coefficient (Wildman–Crippen LogP) is 3.15. The van der Waals surface area contributed by atoms with Crippen LogP contribution in [0.2, 0.25) is 0 Å². The molecule has 2 fully saturated rings. The fourth-order valence-electron chi connectivity index (χ4n) is 4.51. The van der Waals surface area contributed by atoms with Gasteiger partial charge in [0.25, 0.3) is 0 Å². The van der Waals surface area contributed by atoms with Crippen LogP contribution in [0, 0.1) is 17.8 Å². The molecule has 1 saturated carbocycles. The molecule has 1 aliphatic heterocycles. The van der Waals surface area contributed by atoms with Gasteiger partial charge in [-0.2, -0.15) is 0 Å². The number of nitrogens with one attached hydrogen (secondary N) is 1. The van der Waals surface area contributed by atoms with Crippen LogP contribution in [0.3, 0.4) is 0 Å². The van der Waals surface area contributed by atoms with Crippen LogP contribution in [0.25, 0.3) is 0 Å². The zero-order chi connectivity index (χ0) is 15.4. The largest absolute Gasteiger partial charge is 0.373 e. The van der Waals surface area contributed by atoms with Gasteiger partial charge in [0.15, 0.2) is 0 Å². The number of hydrogen-bond donors (Lipinski definition) is 1. The highest BCUT2D eigenvalue weighted by Gasteiger charge is 2.35. The van der Waals surface area contributed by atoms with Crippen molar-refractivity contribution in [2.75, 3.05) is 26.2 Å². The average molecular weight is 296 g/mol. The zero-order valence-electron chi connectivity index (χ0n) is 14.8. The Hall–Kier alpha value is -0.120. The van der Waals surface area contributed by atoms with E-state index in [0.717, 1.165) is 37.4 Å². The fourth-order valence-corrected chi connectivity index (χ4v) is 4.51. The number of morpholine rings is 1. The SMILES string of the molecule is CCCNC1CC(C)CC(C)C1CN1C[C@@H](C)O[C@@H](C)C1. The van der Waals surface area contributed by atoms with Gasteiger partial charge in [0.2, 0.25) is 0 Å². The van der Waals surface area contributed by atoms with E-state index in [1.165, 1.54) is 25.8 Å². The fraction of sp³-hybridized carbons (Fsp3) is 1.00. The van der Waals surface area contributed by atoms with E-state index in [0.29, 0.717) is 18.2 Å². The Morgan fingerprint density at radius 2 is 1.71 bits per heavy atom. The summed E-state index contributed by atoms with van der Waals surface area (Å²) in [5.41, 5.74) is 0. The van der Waals surface area contributed by atoms with Crippen LogP contribution in [0.1, 0.15) is 53.9 Å². The van der Waals surface area contributed by atoms with Crippen molar-refractivity contribution in [1.29, 1.82) is 0 Å². The Kier molecular flexibility index (Phi) is 6.51. The van der Waals surface area contributed by atoms with Crippen molar-refractivity contribution in [3.63, 3.8) is 0 Å². The number of nitrogens with zero attached hydrogens (tertiary/aromatic N) is 1. The van der Waals surface area contributed by atoms with Crippen LogP contribution >= 0.6 is 0 Å². The molecular weight excluding hydrogens is 260 g/mol. The maximum Gasteiger partial charge on any atom is 0.0678 e. The van der Waals surface area contributed by atoms with Crippen molar-refractivity contribution in [2.45, 2.75) is 72.1 Å². The minimum absolute atomic E-state index is 0.383. The topological polar surface area (TPSA) is 24.5 Å². The Bertz CT molecular complexity index is 300. The molecule has 4 unspecified atom stereocenters. The summed E-state index contributed by atoms with van der Waals surface area (Å²) < 4.78 is 5.88. The smallest absolute Gasteiger partial charge is 0.0678 e. The third kappa shape index (κ3) is 4.94. The third-order valence-corrected chi connectivity index (χ3v) is 5.30. The van der Waals surface area contributed by atoms with Crippen molar-refractivity contribution in [2.24, 2.45) is 17.8 Å². The number of hydrogen-bond acceptors (Lipinski definition) is 3. The summed E-state index contributed by atoms with van der Waals surface area (Å²) in [5.74, 6) is 2.50. The molecule has 0 aromatic heterocycles. The molecule has 0 aromatic rings. The van der Waals surface area contributed by atoms with Crippen molar-refractivity contribution >= 4 is 0 Å². The van der Waals surface area contributed by atoms with Crippen molar-refractivity contribution in [3.8, 4) is 0 Å². The van der Waals surface area contributed by atoms with Gasteiger partial charge in [-0.3, -0.25) is 4.90 Å². The van der Waals surface area contributed by atoms with Crippen LogP contribution in [-0.4, -0.2) is 49.3 Å².